The van der Waals surface area contributed by atoms with Crippen LogP contribution >= 0.6 is 0 Å². The van der Waals surface area contributed by atoms with E-state index in [-0.39, 0.29) is 0 Å². The highest BCUT2D eigenvalue weighted by molar-refractivity contribution is 5.26. The highest BCUT2D eigenvalue weighted by Crippen LogP contribution is 2.27. The van der Waals surface area contributed by atoms with E-state index >= 15 is 0 Å². The number of hydrogen-bond donors (Lipinski definition) is 1. The molecular weight excluding hydrogens is 234 g/mol. The van der Waals surface area contributed by atoms with Crippen LogP contribution in [0.25, 0.3) is 0 Å². The van der Waals surface area contributed by atoms with E-state index in [9.17, 15) is 0 Å². The van der Waals surface area contributed by atoms with Gasteiger partial charge in [0.15, 0.2) is 0 Å². The molecule has 106 valence electrons. The van der Waals surface area contributed by atoms with Crippen LogP contribution < -0.4 is 5.32 Å². The van der Waals surface area contributed by atoms with E-state index in [0.29, 0.717) is 12.1 Å². The van der Waals surface area contributed by atoms with Crippen molar-refractivity contribution >= 4 is 0 Å². The molecule has 1 aliphatic rings. The van der Waals surface area contributed by atoms with E-state index < -0.39 is 0 Å². The zero-order valence-electron chi connectivity index (χ0n) is 12.3. The first kappa shape index (κ1) is 14.5. The van der Waals surface area contributed by atoms with E-state index in [4.69, 9.17) is 4.74 Å². The zero-order chi connectivity index (χ0) is 13.5. The molecule has 1 fully saturated rings. The summed E-state index contributed by atoms with van der Waals surface area (Å²) in [6.07, 6.45) is 6.28. The molecular formula is C17H27NO. The summed E-state index contributed by atoms with van der Waals surface area (Å²) in [5.74, 6) is 0. The van der Waals surface area contributed by atoms with E-state index in [1.54, 1.807) is 0 Å². The van der Waals surface area contributed by atoms with Crippen molar-refractivity contribution in [3.8, 4) is 0 Å². The predicted octanol–water partition coefficient (Wildman–Crippen LogP) is 3.86. The Balaban J connectivity index is 2.07. The molecule has 0 spiro atoms. The molecule has 1 N–H and O–H groups in total. The second-order valence-corrected chi connectivity index (χ2v) is 5.47. The van der Waals surface area contributed by atoms with Crippen molar-refractivity contribution in [2.75, 3.05) is 13.2 Å². The number of benzene rings is 1. The number of nitrogens with one attached hydrogen (secondary N) is 1. The molecule has 0 saturated carbocycles. The minimum absolute atomic E-state index is 0.351. The van der Waals surface area contributed by atoms with Crippen molar-refractivity contribution in [3.05, 3.63) is 35.4 Å². The molecule has 2 unspecified atom stereocenters. The SMILES string of the molecule is CCCNC(c1ccc(CCC)cc1)C1CCCO1. The molecule has 0 bridgehead atoms. The Morgan fingerprint density at radius 3 is 2.58 bits per heavy atom. The largest absolute Gasteiger partial charge is 0.376 e. The van der Waals surface area contributed by atoms with Crippen molar-refractivity contribution in [3.63, 3.8) is 0 Å². The number of rotatable bonds is 7. The van der Waals surface area contributed by atoms with Crippen LogP contribution in [0.1, 0.15) is 56.7 Å². The lowest BCUT2D eigenvalue weighted by atomic mass is 9.97. The van der Waals surface area contributed by atoms with Crippen LogP contribution in [-0.4, -0.2) is 19.3 Å². The van der Waals surface area contributed by atoms with Crippen LogP contribution in [0, 0.1) is 0 Å². The van der Waals surface area contributed by atoms with Gasteiger partial charge in [-0.25, -0.2) is 0 Å². The second-order valence-electron chi connectivity index (χ2n) is 5.47. The third kappa shape index (κ3) is 4.05. The van der Waals surface area contributed by atoms with Crippen molar-refractivity contribution < 1.29 is 4.74 Å². The fourth-order valence-corrected chi connectivity index (χ4v) is 2.81. The summed E-state index contributed by atoms with van der Waals surface area (Å²) in [6.45, 7) is 6.42. The van der Waals surface area contributed by atoms with Gasteiger partial charge in [-0.1, -0.05) is 44.5 Å². The quantitative estimate of drug-likeness (QED) is 0.804. The Bertz CT molecular complexity index is 354. The Kier molecular flexibility index (Phi) is 5.87. The summed E-state index contributed by atoms with van der Waals surface area (Å²) in [4.78, 5) is 0. The van der Waals surface area contributed by atoms with Crippen molar-refractivity contribution in [1.29, 1.82) is 0 Å². The molecule has 0 amide bonds. The molecule has 1 aromatic carbocycles. The molecule has 2 rings (SSSR count). The van der Waals surface area contributed by atoms with Gasteiger partial charge in [0.05, 0.1) is 12.1 Å². The summed E-state index contributed by atoms with van der Waals surface area (Å²) >= 11 is 0. The number of ether oxygens (including phenoxy) is 1. The third-order valence-electron chi connectivity index (χ3n) is 3.83. The molecule has 0 radical (unpaired) electrons. The highest BCUT2D eigenvalue weighted by Gasteiger charge is 2.26. The molecule has 2 atom stereocenters. The van der Waals surface area contributed by atoms with E-state index in [1.165, 1.54) is 36.8 Å². The van der Waals surface area contributed by atoms with E-state index in [1.807, 2.05) is 0 Å². The van der Waals surface area contributed by atoms with Crippen LogP contribution in [0.3, 0.4) is 0 Å². The van der Waals surface area contributed by atoms with Crippen molar-refractivity contribution in [1.82, 2.24) is 5.32 Å². The maximum Gasteiger partial charge on any atom is 0.0770 e. The predicted molar refractivity (Wildman–Crippen MR) is 80.4 cm³/mol. The van der Waals surface area contributed by atoms with Crippen molar-refractivity contribution in [2.45, 2.75) is 58.1 Å². The first-order chi connectivity index (χ1) is 9.35. The molecule has 1 aliphatic heterocycles. The maximum absolute atomic E-state index is 5.88. The van der Waals surface area contributed by atoms with Gasteiger partial charge < -0.3 is 10.1 Å². The van der Waals surface area contributed by atoms with Crippen LogP contribution in [0.15, 0.2) is 24.3 Å². The van der Waals surface area contributed by atoms with Crippen LogP contribution in [0.5, 0.6) is 0 Å². The first-order valence-corrected chi connectivity index (χ1v) is 7.79. The van der Waals surface area contributed by atoms with Crippen LogP contribution in [0.2, 0.25) is 0 Å². The molecule has 19 heavy (non-hydrogen) atoms. The Morgan fingerprint density at radius 1 is 1.21 bits per heavy atom. The molecule has 1 saturated heterocycles. The second kappa shape index (κ2) is 7.66. The van der Waals surface area contributed by atoms with Gasteiger partial charge in [-0.05, 0) is 43.4 Å². The lowest BCUT2D eigenvalue weighted by Crippen LogP contribution is -2.32. The topological polar surface area (TPSA) is 21.3 Å². The standard InChI is InChI=1S/C17H27NO/c1-3-6-14-8-10-15(11-9-14)17(18-12-4-2)16-7-5-13-19-16/h8-11,16-18H,3-7,12-13H2,1-2H3. The summed E-state index contributed by atoms with van der Waals surface area (Å²) < 4.78 is 5.88. The summed E-state index contributed by atoms with van der Waals surface area (Å²) in [5, 5.41) is 3.65. The lowest BCUT2D eigenvalue weighted by Gasteiger charge is -2.25. The average molecular weight is 261 g/mol. The zero-order valence-corrected chi connectivity index (χ0v) is 12.3. The summed E-state index contributed by atoms with van der Waals surface area (Å²) in [5.41, 5.74) is 2.81. The molecule has 2 nitrogen and oxygen atoms in total. The van der Waals surface area contributed by atoms with Gasteiger partial charge in [0.25, 0.3) is 0 Å². The fraction of sp³-hybridized carbons (Fsp3) is 0.647. The molecule has 0 aromatic heterocycles. The Morgan fingerprint density at radius 2 is 2.00 bits per heavy atom. The first-order valence-electron chi connectivity index (χ1n) is 7.79. The maximum atomic E-state index is 5.88. The van der Waals surface area contributed by atoms with E-state index in [2.05, 4.69) is 43.4 Å². The third-order valence-corrected chi connectivity index (χ3v) is 3.83. The minimum Gasteiger partial charge on any atom is -0.376 e. The number of aryl methyl sites for hydroxylation is 1. The van der Waals surface area contributed by atoms with Crippen LogP contribution in [0.4, 0.5) is 0 Å². The van der Waals surface area contributed by atoms with Gasteiger partial charge in [-0.3, -0.25) is 0 Å². The van der Waals surface area contributed by atoms with Crippen molar-refractivity contribution in [2.24, 2.45) is 0 Å². The normalized spacial score (nSPS) is 20.6. The minimum atomic E-state index is 0.351. The lowest BCUT2D eigenvalue weighted by molar-refractivity contribution is 0.0783. The highest BCUT2D eigenvalue weighted by atomic mass is 16.5. The van der Waals surface area contributed by atoms with Gasteiger partial charge in [0, 0.05) is 6.61 Å². The van der Waals surface area contributed by atoms with Gasteiger partial charge in [0.1, 0.15) is 0 Å². The molecule has 1 heterocycles. The average Bonchev–Trinajstić information content (AvgIpc) is 2.95. The van der Waals surface area contributed by atoms with Crippen LogP contribution in [-0.2, 0) is 11.2 Å². The Hall–Kier alpha value is -0.860. The molecule has 0 aliphatic carbocycles. The summed E-state index contributed by atoms with van der Waals surface area (Å²) in [6, 6.07) is 9.46. The monoisotopic (exact) mass is 261 g/mol. The van der Waals surface area contributed by atoms with Gasteiger partial charge >= 0.3 is 0 Å². The fourth-order valence-electron chi connectivity index (χ4n) is 2.81. The smallest absolute Gasteiger partial charge is 0.0770 e. The Labute approximate surface area is 117 Å². The van der Waals surface area contributed by atoms with Gasteiger partial charge in [-0.2, -0.15) is 0 Å². The number of hydrogen-bond acceptors (Lipinski definition) is 2. The van der Waals surface area contributed by atoms with E-state index in [0.717, 1.165) is 19.6 Å². The summed E-state index contributed by atoms with van der Waals surface area (Å²) in [7, 11) is 0. The molecule has 1 aromatic rings. The van der Waals surface area contributed by atoms with Gasteiger partial charge in [0.2, 0.25) is 0 Å². The molecule has 2 heteroatoms. The van der Waals surface area contributed by atoms with Gasteiger partial charge in [-0.15, -0.1) is 0 Å².